The Morgan fingerprint density at radius 2 is 2.06 bits per heavy atom. The van der Waals surface area contributed by atoms with Gasteiger partial charge in [0.2, 0.25) is 5.91 Å². The molecule has 13 heteroatoms. The van der Waals surface area contributed by atoms with Crippen molar-refractivity contribution in [3.63, 3.8) is 0 Å². The Bertz CT molecular complexity index is 1190. The Morgan fingerprint density at radius 1 is 1.29 bits per heavy atom. The van der Waals surface area contributed by atoms with E-state index in [0.29, 0.717) is 21.7 Å². The van der Waals surface area contributed by atoms with Gasteiger partial charge in [0.15, 0.2) is 5.58 Å². The first-order valence-electron chi connectivity index (χ1n) is 10.4. The van der Waals surface area contributed by atoms with E-state index in [4.69, 9.17) is 32.4 Å². The Morgan fingerprint density at radius 3 is 2.80 bits per heavy atom. The number of amides is 2. The Balaban J connectivity index is 1.58. The van der Waals surface area contributed by atoms with Crippen molar-refractivity contribution in [1.82, 2.24) is 15.4 Å². The van der Waals surface area contributed by atoms with E-state index >= 15 is 0 Å². The maximum atomic E-state index is 13.6. The van der Waals surface area contributed by atoms with E-state index in [2.05, 4.69) is 15.7 Å². The van der Waals surface area contributed by atoms with Gasteiger partial charge in [-0.05, 0) is 36.2 Å². The monoisotopic (exact) mass is 528 g/mol. The molecule has 0 saturated heterocycles. The zero-order valence-electron chi connectivity index (χ0n) is 18.5. The van der Waals surface area contributed by atoms with Gasteiger partial charge < -0.3 is 19.4 Å². The summed E-state index contributed by atoms with van der Waals surface area (Å²) in [4.78, 5) is 28.8. The second-order valence-electron chi connectivity index (χ2n) is 7.62. The number of halogens is 3. The molecule has 35 heavy (non-hydrogen) atoms. The largest absolute Gasteiger partial charge is 0.447 e. The minimum Gasteiger partial charge on any atom is -0.447 e. The third-order valence-electron chi connectivity index (χ3n) is 4.95. The first-order chi connectivity index (χ1) is 16.7. The molecule has 0 unspecified atom stereocenters. The molecule has 0 saturated carbocycles. The van der Waals surface area contributed by atoms with E-state index in [1.807, 2.05) is 0 Å². The second-order valence-corrected chi connectivity index (χ2v) is 8.43. The number of aromatic nitrogens is 1. The lowest BCUT2D eigenvalue weighted by Crippen LogP contribution is -2.50. The number of carbonyl (C=O) groups is 2. The summed E-state index contributed by atoms with van der Waals surface area (Å²) in [5.74, 6) is -1.16. The molecule has 3 aromatic rings. The third-order valence-corrected chi connectivity index (χ3v) is 5.61. The van der Waals surface area contributed by atoms with E-state index in [9.17, 15) is 24.2 Å². The predicted octanol–water partition coefficient (Wildman–Crippen LogP) is 3.14. The summed E-state index contributed by atoms with van der Waals surface area (Å²) < 4.78 is 24.2. The molecular formula is C22H23Cl2FN4O6. The highest BCUT2D eigenvalue weighted by molar-refractivity contribution is 6.31. The summed E-state index contributed by atoms with van der Waals surface area (Å²) >= 11 is 11.8. The maximum Gasteiger partial charge on any atom is 0.415 e. The topological polar surface area (TPSA) is 137 Å². The molecule has 2 aromatic carbocycles. The standard InChI is InChI=1S/C22H23Cl2FN4O6/c1-29(28-19(32)7-12-3-2-4-16(25)20(12)24)14(9-15(31)10-30)11-34-22(33)27-21-26-17-8-13(23)5-6-18(17)35-21/h2-6,8,14-15,30-31H,7,9-11H2,1H3,(H,28,32)(H,26,27,33)/t14-,15+/m0/s1. The van der Waals surface area contributed by atoms with Gasteiger partial charge in [0, 0.05) is 12.1 Å². The number of oxazole rings is 1. The van der Waals surface area contributed by atoms with Crippen LogP contribution in [0.3, 0.4) is 0 Å². The second kappa shape index (κ2) is 12.1. The molecule has 2 atom stereocenters. The molecule has 188 valence electrons. The molecule has 0 aliphatic carbocycles. The maximum absolute atomic E-state index is 13.6. The van der Waals surface area contributed by atoms with Crippen LogP contribution in [0.2, 0.25) is 10.0 Å². The number of hydrazine groups is 1. The highest BCUT2D eigenvalue weighted by atomic mass is 35.5. The van der Waals surface area contributed by atoms with Crippen molar-refractivity contribution < 1.29 is 33.3 Å². The van der Waals surface area contributed by atoms with Crippen molar-refractivity contribution in [2.45, 2.75) is 25.0 Å². The van der Waals surface area contributed by atoms with E-state index in [1.165, 1.54) is 30.3 Å². The number of likely N-dealkylation sites (N-methyl/N-ethyl adjacent to an activating group) is 1. The highest BCUT2D eigenvalue weighted by Gasteiger charge is 2.23. The third kappa shape index (κ3) is 7.51. The normalized spacial score (nSPS) is 13.0. The fraction of sp³-hybridized carbons (Fsp3) is 0.318. The minimum atomic E-state index is -1.13. The lowest BCUT2D eigenvalue weighted by Gasteiger charge is -2.29. The molecule has 0 aliphatic rings. The first-order valence-corrected chi connectivity index (χ1v) is 11.2. The number of hydrogen-bond donors (Lipinski definition) is 4. The van der Waals surface area contributed by atoms with Crippen LogP contribution in [0.1, 0.15) is 12.0 Å². The van der Waals surface area contributed by atoms with Crippen molar-refractivity contribution in [3.05, 3.63) is 57.8 Å². The molecule has 0 fully saturated rings. The molecule has 4 N–H and O–H groups in total. The lowest BCUT2D eigenvalue weighted by atomic mass is 10.1. The fourth-order valence-electron chi connectivity index (χ4n) is 3.16. The van der Waals surface area contributed by atoms with Crippen LogP contribution in [0.5, 0.6) is 0 Å². The van der Waals surface area contributed by atoms with E-state index in [1.54, 1.807) is 18.2 Å². The van der Waals surface area contributed by atoms with Gasteiger partial charge in [-0.3, -0.25) is 10.2 Å². The predicted molar refractivity (Wildman–Crippen MR) is 127 cm³/mol. The average molecular weight is 529 g/mol. The molecule has 0 radical (unpaired) electrons. The first kappa shape index (κ1) is 26.6. The SMILES string of the molecule is CN(NC(=O)Cc1cccc(F)c1Cl)[C@H](COC(=O)Nc1nc2cc(Cl)ccc2o1)C[C@@H](O)CO. The number of anilines is 1. The molecule has 3 rings (SSSR count). The molecule has 0 aliphatic heterocycles. The van der Waals surface area contributed by atoms with Gasteiger partial charge >= 0.3 is 12.1 Å². The van der Waals surface area contributed by atoms with Crippen LogP contribution in [-0.2, 0) is 16.0 Å². The van der Waals surface area contributed by atoms with Crippen molar-refractivity contribution in [1.29, 1.82) is 0 Å². The van der Waals surface area contributed by atoms with Gasteiger partial charge in [-0.1, -0.05) is 35.3 Å². The smallest absolute Gasteiger partial charge is 0.415 e. The summed E-state index contributed by atoms with van der Waals surface area (Å²) in [6, 6.07) is 8.09. The number of aliphatic hydroxyl groups is 2. The van der Waals surface area contributed by atoms with Crippen LogP contribution in [0, 0.1) is 5.82 Å². The van der Waals surface area contributed by atoms with Crippen LogP contribution >= 0.6 is 23.2 Å². The van der Waals surface area contributed by atoms with Gasteiger partial charge in [-0.25, -0.2) is 19.5 Å². The summed E-state index contributed by atoms with van der Waals surface area (Å²) in [6.07, 6.45) is -2.27. The summed E-state index contributed by atoms with van der Waals surface area (Å²) in [5.41, 5.74) is 3.71. The molecule has 0 spiro atoms. The molecule has 10 nitrogen and oxygen atoms in total. The van der Waals surface area contributed by atoms with Crippen LogP contribution < -0.4 is 10.7 Å². The molecular weight excluding hydrogens is 506 g/mol. The Labute approximate surface area is 209 Å². The number of aliphatic hydroxyl groups excluding tert-OH is 2. The Hall–Kier alpha value is -2.96. The number of rotatable bonds is 10. The quantitative estimate of drug-likeness (QED) is 0.294. The average Bonchev–Trinajstić information content (AvgIpc) is 3.20. The Kier molecular flexibility index (Phi) is 9.24. The number of benzene rings is 2. The molecule has 1 aromatic heterocycles. The number of ether oxygens (including phenoxy) is 1. The van der Waals surface area contributed by atoms with Crippen LogP contribution in [0.15, 0.2) is 40.8 Å². The van der Waals surface area contributed by atoms with Gasteiger partial charge in [0.05, 0.1) is 30.2 Å². The number of fused-ring (bicyclic) bond motifs is 1. The van der Waals surface area contributed by atoms with Gasteiger partial charge in [-0.15, -0.1) is 0 Å². The van der Waals surface area contributed by atoms with Crippen LogP contribution in [0.25, 0.3) is 11.1 Å². The van der Waals surface area contributed by atoms with Gasteiger partial charge in [-0.2, -0.15) is 4.98 Å². The van der Waals surface area contributed by atoms with Crippen molar-refractivity contribution in [3.8, 4) is 0 Å². The van der Waals surface area contributed by atoms with E-state index < -0.39 is 36.6 Å². The lowest BCUT2D eigenvalue weighted by molar-refractivity contribution is -0.126. The minimum absolute atomic E-state index is 0.0390. The van der Waals surface area contributed by atoms with Crippen molar-refractivity contribution in [2.75, 3.05) is 25.6 Å². The molecule has 2 amide bonds. The zero-order valence-corrected chi connectivity index (χ0v) is 20.0. The fourth-order valence-corrected chi connectivity index (χ4v) is 3.52. The van der Waals surface area contributed by atoms with Crippen LogP contribution in [0.4, 0.5) is 15.2 Å². The van der Waals surface area contributed by atoms with Gasteiger partial charge in [0.1, 0.15) is 17.9 Å². The summed E-state index contributed by atoms with van der Waals surface area (Å²) in [6.45, 7) is -0.804. The summed E-state index contributed by atoms with van der Waals surface area (Å²) in [5, 5.41) is 23.0. The number of carbonyl (C=O) groups excluding carboxylic acids is 2. The van der Waals surface area contributed by atoms with E-state index in [0.717, 1.165) is 0 Å². The number of nitrogens with one attached hydrogen (secondary N) is 2. The van der Waals surface area contributed by atoms with Gasteiger partial charge in [0.25, 0.3) is 0 Å². The van der Waals surface area contributed by atoms with Crippen molar-refractivity contribution in [2.24, 2.45) is 0 Å². The summed E-state index contributed by atoms with van der Waals surface area (Å²) in [7, 11) is 1.49. The van der Waals surface area contributed by atoms with Crippen LogP contribution in [-0.4, -0.2) is 64.6 Å². The molecule has 1 heterocycles. The zero-order chi connectivity index (χ0) is 25.5. The molecule has 0 bridgehead atoms. The highest BCUT2D eigenvalue weighted by Crippen LogP contribution is 2.22. The van der Waals surface area contributed by atoms with Crippen molar-refractivity contribution >= 4 is 52.3 Å². The number of nitrogens with zero attached hydrogens (tertiary/aromatic N) is 2. The van der Waals surface area contributed by atoms with E-state index in [-0.39, 0.29) is 30.5 Å². The number of hydrogen-bond acceptors (Lipinski definition) is 8.